The van der Waals surface area contributed by atoms with Crippen LogP contribution >= 0.6 is 0 Å². The largest absolute Gasteiger partial charge is 0.342 e. The molecule has 8 nitrogen and oxygen atoms in total. The predicted molar refractivity (Wildman–Crippen MR) is 111 cm³/mol. The van der Waals surface area contributed by atoms with E-state index in [1.165, 1.54) is 36.9 Å². The average Bonchev–Trinajstić information content (AvgIpc) is 2.67. The zero-order chi connectivity index (χ0) is 21.5. The van der Waals surface area contributed by atoms with Gasteiger partial charge in [-0.2, -0.15) is 0 Å². The molecule has 9 heteroatoms. The van der Waals surface area contributed by atoms with E-state index in [1.807, 2.05) is 0 Å². The van der Waals surface area contributed by atoms with E-state index >= 15 is 0 Å². The van der Waals surface area contributed by atoms with Gasteiger partial charge in [-0.15, -0.1) is 0 Å². The molecule has 0 spiro atoms. The van der Waals surface area contributed by atoms with Crippen molar-refractivity contribution in [1.82, 2.24) is 14.0 Å². The molecule has 0 radical (unpaired) electrons. The first kappa shape index (κ1) is 21.3. The Kier molecular flexibility index (Phi) is 5.71. The Bertz CT molecular complexity index is 1170. The standard InChI is InChI=1S/C20H27N3O5S/c1-13-9-14(2)12-23(11-13)18(24)7-8-29(27,28)15-5-6-16-17(10-15)22(4)20(26)19(25)21(16)3/h5-6,10,13-14H,7-9,11-12H2,1-4H3. The van der Waals surface area contributed by atoms with Crippen LogP contribution in [0.15, 0.2) is 32.7 Å². The van der Waals surface area contributed by atoms with E-state index in [1.54, 1.807) is 4.90 Å². The molecule has 0 saturated carbocycles. The lowest BCUT2D eigenvalue weighted by atomic mass is 9.92. The van der Waals surface area contributed by atoms with Gasteiger partial charge in [-0.3, -0.25) is 14.4 Å². The van der Waals surface area contributed by atoms with Gasteiger partial charge in [0.25, 0.3) is 0 Å². The molecule has 0 bridgehead atoms. The van der Waals surface area contributed by atoms with Crippen LogP contribution in [0.4, 0.5) is 0 Å². The maximum absolute atomic E-state index is 12.8. The second-order valence-electron chi connectivity index (χ2n) is 8.19. The molecule has 3 rings (SSSR count). The van der Waals surface area contributed by atoms with Crippen molar-refractivity contribution in [2.75, 3.05) is 18.8 Å². The van der Waals surface area contributed by atoms with Crippen molar-refractivity contribution in [2.24, 2.45) is 25.9 Å². The van der Waals surface area contributed by atoms with E-state index < -0.39 is 21.0 Å². The average molecular weight is 422 g/mol. The van der Waals surface area contributed by atoms with Crippen molar-refractivity contribution >= 4 is 26.8 Å². The fraction of sp³-hybridized carbons (Fsp3) is 0.550. The van der Waals surface area contributed by atoms with Gasteiger partial charge < -0.3 is 14.0 Å². The quantitative estimate of drug-likeness (QED) is 0.684. The number of hydrogen-bond donors (Lipinski definition) is 0. The molecule has 2 atom stereocenters. The summed E-state index contributed by atoms with van der Waals surface area (Å²) in [6, 6.07) is 4.32. The number of benzene rings is 1. The number of nitrogens with zero attached hydrogens (tertiary/aromatic N) is 3. The summed E-state index contributed by atoms with van der Waals surface area (Å²) < 4.78 is 28.0. The van der Waals surface area contributed by atoms with Crippen LogP contribution in [0, 0.1) is 11.8 Å². The van der Waals surface area contributed by atoms with Crippen LogP contribution in [0.5, 0.6) is 0 Å². The fourth-order valence-corrected chi connectivity index (χ4v) is 5.36. The Morgan fingerprint density at radius 1 is 1.00 bits per heavy atom. The minimum atomic E-state index is -3.72. The molecule has 1 fully saturated rings. The van der Waals surface area contributed by atoms with Gasteiger partial charge >= 0.3 is 11.1 Å². The molecule has 158 valence electrons. The van der Waals surface area contributed by atoms with Crippen LogP contribution < -0.4 is 11.1 Å². The molecule has 1 aromatic heterocycles. The molecular weight excluding hydrogens is 394 g/mol. The number of fused-ring (bicyclic) bond motifs is 1. The number of piperidine rings is 1. The number of amides is 1. The number of hydrogen-bond acceptors (Lipinski definition) is 5. The molecule has 0 N–H and O–H groups in total. The van der Waals surface area contributed by atoms with E-state index in [0.29, 0.717) is 36.0 Å². The van der Waals surface area contributed by atoms with Crippen molar-refractivity contribution < 1.29 is 13.2 Å². The Morgan fingerprint density at radius 3 is 2.14 bits per heavy atom. The van der Waals surface area contributed by atoms with Crippen LogP contribution in [0.3, 0.4) is 0 Å². The number of aryl methyl sites for hydroxylation is 2. The number of aromatic nitrogens is 2. The van der Waals surface area contributed by atoms with Gasteiger partial charge in [0.05, 0.1) is 21.7 Å². The lowest BCUT2D eigenvalue weighted by Crippen LogP contribution is -2.43. The monoisotopic (exact) mass is 421 g/mol. The summed E-state index contributed by atoms with van der Waals surface area (Å²) in [7, 11) is -0.808. The minimum Gasteiger partial charge on any atom is -0.342 e. The van der Waals surface area contributed by atoms with Gasteiger partial charge in [0.15, 0.2) is 9.84 Å². The van der Waals surface area contributed by atoms with Gasteiger partial charge in [-0.1, -0.05) is 13.8 Å². The first-order chi connectivity index (χ1) is 13.5. The van der Waals surface area contributed by atoms with Crippen LogP contribution in [0.1, 0.15) is 26.7 Å². The van der Waals surface area contributed by atoms with Gasteiger partial charge in [0, 0.05) is 33.6 Å². The Morgan fingerprint density at radius 2 is 1.55 bits per heavy atom. The first-order valence-corrected chi connectivity index (χ1v) is 11.4. The Labute approximate surface area is 169 Å². The third-order valence-electron chi connectivity index (χ3n) is 5.63. The maximum Gasteiger partial charge on any atom is 0.316 e. The molecule has 1 aliphatic rings. The second-order valence-corrected chi connectivity index (χ2v) is 10.3. The lowest BCUT2D eigenvalue weighted by molar-refractivity contribution is -0.133. The zero-order valence-electron chi connectivity index (χ0n) is 17.2. The minimum absolute atomic E-state index is 0.0341. The Hall–Kier alpha value is -2.42. The van der Waals surface area contributed by atoms with E-state index in [4.69, 9.17) is 0 Å². The SMILES string of the molecule is CC1CC(C)CN(C(=O)CCS(=O)(=O)c2ccc3c(c2)n(C)c(=O)c(=O)n3C)C1. The zero-order valence-corrected chi connectivity index (χ0v) is 18.0. The highest BCUT2D eigenvalue weighted by molar-refractivity contribution is 7.91. The summed E-state index contributed by atoms with van der Waals surface area (Å²) in [5.41, 5.74) is -0.587. The van der Waals surface area contributed by atoms with Crippen LogP contribution in [0.25, 0.3) is 11.0 Å². The van der Waals surface area contributed by atoms with E-state index in [-0.39, 0.29) is 23.0 Å². The highest BCUT2D eigenvalue weighted by atomic mass is 32.2. The molecule has 2 heterocycles. The van der Waals surface area contributed by atoms with Crippen molar-refractivity contribution in [1.29, 1.82) is 0 Å². The van der Waals surface area contributed by atoms with Gasteiger partial charge in [0.1, 0.15) is 0 Å². The predicted octanol–water partition coefficient (Wildman–Crippen LogP) is 0.906. The summed E-state index contributed by atoms with van der Waals surface area (Å²) in [4.78, 5) is 38.3. The van der Waals surface area contributed by atoms with Gasteiger partial charge in [-0.05, 0) is 36.5 Å². The summed E-state index contributed by atoms with van der Waals surface area (Å²) in [5.74, 6) is 0.374. The van der Waals surface area contributed by atoms with Crippen LogP contribution in [0.2, 0.25) is 0 Å². The molecule has 2 aromatic rings. The molecule has 2 unspecified atom stereocenters. The highest BCUT2D eigenvalue weighted by Gasteiger charge is 2.27. The number of carbonyl (C=O) groups is 1. The third-order valence-corrected chi connectivity index (χ3v) is 7.34. The van der Waals surface area contributed by atoms with Crippen LogP contribution in [-0.2, 0) is 28.7 Å². The number of sulfone groups is 1. The first-order valence-electron chi connectivity index (χ1n) is 9.71. The smallest absolute Gasteiger partial charge is 0.316 e. The summed E-state index contributed by atoms with van der Waals surface area (Å²) in [6.45, 7) is 5.52. The number of rotatable bonds is 4. The summed E-state index contributed by atoms with van der Waals surface area (Å²) in [5, 5.41) is 0. The van der Waals surface area contributed by atoms with E-state index in [0.717, 1.165) is 11.0 Å². The van der Waals surface area contributed by atoms with Crippen molar-refractivity contribution in [3.8, 4) is 0 Å². The van der Waals surface area contributed by atoms with E-state index in [2.05, 4.69) is 13.8 Å². The Balaban J connectivity index is 1.84. The highest BCUT2D eigenvalue weighted by Crippen LogP contribution is 2.22. The maximum atomic E-state index is 12.8. The molecule has 0 aliphatic carbocycles. The van der Waals surface area contributed by atoms with E-state index in [9.17, 15) is 22.8 Å². The lowest BCUT2D eigenvalue weighted by Gasteiger charge is -2.35. The molecule has 1 aromatic carbocycles. The van der Waals surface area contributed by atoms with Crippen molar-refractivity contribution in [3.63, 3.8) is 0 Å². The fourth-order valence-electron chi connectivity index (χ4n) is 4.12. The molecule has 1 saturated heterocycles. The van der Waals surface area contributed by atoms with Gasteiger partial charge in [-0.25, -0.2) is 8.42 Å². The normalized spacial score (nSPS) is 20.2. The van der Waals surface area contributed by atoms with Crippen molar-refractivity contribution in [2.45, 2.75) is 31.6 Å². The van der Waals surface area contributed by atoms with Crippen LogP contribution in [-0.4, -0.2) is 47.2 Å². The topological polar surface area (TPSA) is 98.5 Å². The van der Waals surface area contributed by atoms with Gasteiger partial charge in [0.2, 0.25) is 5.91 Å². The summed E-state index contributed by atoms with van der Waals surface area (Å²) >= 11 is 0. The number of carbonyl (C=O) groups excluding carboxylic acids is 1. The second kappa shape index (κ2) is 7.78. The molecule has 29 heavy (non-hydrogen) atoms. The number of likely N-dealkylation sites (tertiary alicyclic amines) is 1. The third kappa shape index (κ3) is 4.14. The molecule has 1 amide bonds. The van der Waals surface area contributed by atoms with Crippen molar-refractivity contribution in [3.05, 3.63) is 38.9 Å². The molecule has 1 aliphatic heterocycles. The summed E-state index contributed by atoms with van der Waals surface area (Å²) in [6.07, 6.45) is 0.992. The molecular formula is C20H27N3O5S.